The van der Waals surface area contributed by atoms with Crippen molar-refractivity contribution < 1.29 is 0 Å². The predicted molar refractivity (Wildman–Crippen MR) is 81.6 cm³/mol. The second kappa shape index (κ2) is 4.63. The first-order valence-corrected chi connectivity index (χ1v) is 7.50. The van der Waals surface area contributed by atoms with Crippen LogP contribution < -0.4 is 5.32 Å². The van der Waals surface area contributed by atoms with Crippen LogP contribution in [0.2, 0.25) is 0 Å². The van der Waals surface area contributed by atoms with Crippen molar-refractivity contribution >= 4 is 32.9 Å². The lowest BCUT2D eigenvalue weighted by Crippen LogP contribution is -2.08. The number of fused-ring (bicyclic) bond motifs is 1. The van der Waals surface area contributed by atoms with Crippen LogP contribution >= 0.6 is 15.9 Å². The van der Waals surface area contributed by atoms with Crippen LogP contribution in [-0.4, -0.2) is 19.5 Å². The van der Waals surface area contributed by atoms with Crippen LogP contribution in [0, 0.1) is 0 Å². The summed E-state index contributed by atoms with van der Waals surface area (Å²) in [7, 11) is 0. The van der Waals surface area contributed by atoms with Gasteiger partial charge in [0.05, 0.1) is 12.1 Å². The van der Waals surface area contributed by atoms with Gasteiger partial charge in [-0.2, -0.15) is 0 Å². The summed E-state index contributed by atoms with van der Waals surface area (Å²) >= 11 is 3.51. The monoisotopic (exact) mass is 331 g/mol. The molecule has 0 radical (unpaired) electrons. The van der Waals surface area contributed by atoms with E-state index < -0.39 is 0 Å². The number of hydrogen-bond acceptors (Lipinski definition) is 3. The molecular weight excluding hydrogens is 318 g/mol. The van der Waals surface area contributed by atoms with Gasteiger partial charge in [-0.3, -0.25) is 0 Å². The zero-order valence-electron chi connectivity index (χ0n) is 10.8. The van der Waals surface area contributed by atoms with Crippen LogP contribution in [0.15, 0.2) is 35.1 Å². The number of rotatable bonds is 4. The van der Waals surface area contributed by atoms with E-state index in [2.05, 4.69) is 47.0 Å². The number of aromatic amines is 1. The van der Waals surface area contributed by atoms with Gasteiger partial charge in [0.2, 0.25) is 5.95 Å². The van der Waals surface area contributed by atoms with Crippen molar-refractivity contribution in [3.8, 4) is 0 Å². The molecule has 5 nitrogen and oxygen atoms in total. The number of nitrogens with one attached hydrogen (secondary N) is 2. The molecule has 20 heavy (non-hydrogen) atoms. The lowest BCUT2D eigenvalue weighted by molar-refractivity contribution is 0.689. The summed E-state index contributed by atoms with van der Waals surface area (Å²) < 4.78 is 3.25. The summed E-state index contributed by atoms with van der Waals surface area (Å²) in [6.45, 7) is 0.681. The van der Waals surface area contributed by atoms with E-state index in [4.69, 9.17) is 0 Å². The lowest BCUT2D eigenvalue weighted by atomic mass is 10.3. The summed E-state index contributed by atoms with van der Waals surface area (Å²) in [6.07, 6.45) is 6.45. The molecule has 0 saturated heterocycles. The number of halogens is 1. The molecule has 1 saturated carbocycles. The van der Waals surface area contributed by atoms with Gasteiger partial charge in [0.1, 0.15) is 11.3 Å². The van der Waals surface area contributed by atoms with Gasteiger partial charge in [0.15, 0.2) is 0 Å². The summed E-state index contributed by atoms with van der Waals surface area (Å²) in [5.41, 5.74) is 1.97. The Morgan fingerprint density at radius 2 is 2.30 bits per heavy atom. The lowest BCUT2D eigenvalue weighted by Gasteiger charge is -2.06. The van der Waals surface area contributed by atoms with E-state index in [1.165, 1.54) is 12.8 Å². The van der Waals surface area contributed by atoms with Crippen LogP contribution in [0.25, 0.3) is 11.0 Å². The topological polar surface area (TPSA) is 58.5 Å². The van der Waals surface area contributed by atoms with Crippen LogP contribution in [0.1, 0.15) is 24.7 Å². The Balaban J connectivity index is 1.55. The fraction of sp³-hybridized carbons (Fsp3) is 0.286. The average Bonchev–Trinajstić information content (AvgIpc) is 3.02. The van der Waals surface area contributed by atoms with Gasteiger partial charge in [-0.25, -0.2) is 9.97 Å². The first-order chi connectivity index (χ1) is 9.81. The molecule has 0 bridgehead atoms. The Morgan fingerprint density at radius 1 is 1.40 bits per heavy atom. The van der Waals surface area contributed by atoms with E-state index >= 15 is 0 Å². The molecule has 2 heterocycles. The van der Waals surface area contributed by atoms with Gasteiger partial charge in [-0.1, -0.05) is 6.07 Å². The first-order valence-electron chi connectivity index (χ1n) is 6.71. The van der Waals surface area contributed by atoms with Crippen molar-refractivity contribution in [1.82, 2.24) is 19.5 Å². The van der Waals surface area contributed by atoms with Gasteiger partial charge in [0.25, 0.3) is 0 Å². The highest BCUT2D eigenvalue weighted by Crippen LogP contribution is 2.35. The van der Waals surface area contributed by atoms with Crippen molar-refractivity contribution in [1.29, 1.82) is 0 Å². The molecule has 2 aromatic heterocycles. The van der Waals surface area contributed by atoms with Gasteiger partial charge < -0.3 is 14.9 Å². The van der Waals surface area contributed by atoms with E-state index in [1.54, 1.807) is 0 Å². The van der Waals surface area contributed by atoms with E-state index in [1.807, 2.05) is 24.4 Å². The van der Waals surface area contributed by atoms with Crippen molar-refractivity contribution in [3.05, 3.63) is 40.9 Å². The molecule has 0 atom stereocenters. The van der Waals surface area contributed by atoms with Gasteiger partial charge >= 0.3 is 0 Å². The van der Waals surface area contributed by atoms with Gasteiger partial charge in [-0.05, 0) is 40.9 Å². The van der Waals surface area contributed by atoms with Crippen LogP contribution in [-0.2, 0) is 6.54 Å². The fourth-order valence-electron chi connectivity index (χ4n) is 2.41. The van der Waals surface area contributed by atoms with E-state index in [-0.39, 0.29) is 0 Å². The molecule has 0 spiro atoms. The van der Waals surface area contributed by atoms with Crippen LogP contribution in [0.4, 0.5) is 5.95 Å². The maximum Gasteiger partial charge on any atom is 0.201 e. The number of H-pyrrole nitrogens is 1. The van der Waals surface area contributed by atoms with Crippen molar-refractivity contribution in [2.24, 2.45) is 0 Å². The van der Waals surface area contributed by atoms with Crippen LogP contribution in [0.3, 0.4) is 0 Å². The molecule has 1 aliphatic rings. The highest BCUT2D eigenvalue weighted by atomic mass is 79.9. The van der Waals surface area contributed by atoms with Crippen molar-refractivity contribution in [2.75, 3.05) is 5.32 Å². The largest absolute Gasteiger partial charge is 0.349 e. The van der Waals surface area contributed by atoms with E-state index in [0.717, 1.165) is 27.3 Å². The SMILES string of the molecule is Brc1cccc2[nH]c(NCc3nccn3C3CC3)nc12. The predicted octanol–water partition coefficient (Wildman–Crippen LogP) is 3.47. The highest BCUT2D eigenvalue weighted by molar-refractivity contribution is 9.10. The quantitative estimate of drug-likeness (QED) is 0.769. The fourth-order valence-corrected chi connectivity index (χ4v) is 2.86. The first kappa shape index (κ1) is 12.0. The van der Waals surface area contributed by atoms with Crippen molar-refractivity contribution in [3.63, 3.8) is 0 Å². The molecule has 1 aliphatic carbocycles. The third-order valence-corrected chi connectivity index (χ3v) is 4.21. The molecule has 0 amide bonds. The Hall–Kier alpha value is -1.82. The number of anilines is 1. The van der Waals surface area contributed by atoms with E-state index in [9.17, 15) is 0 Å². The summed E-state index contributed by atoms with van der Waals surface area (Å²) in [5.74, 6) is 1.84. The Morgan fingerprint density at radius 3 is 3.10 bits per heavy atom. The Bertz CT molecular complexity index is 756. The molecule has 1 fully saturated rings. The molecule has 3 aromatic rings. The third kappa shape index (κ3) is 2.10. The number of hydrogen-bond donors (Lipinski definition) is 2. The zero-order valence-corrected chi connectivity index (χ0v) is 12.4. The smallest absolute Gasteiger partial charge is 0.201 e. The molecular formula is C14H14BrN5. The molecule has 0 unspecified atom stereocenters. The molecule has 6 heteroatoms. The standard InChI is InChI=1S/C14H14BrN5/c15-10-2-1-3-11-13(10)19-14(18-11)17-8-12-16-6-7-20(12)9-4-5-9/h1-3,6-7,9H,4-5,8H2,(H2,17,18,19). The van der Waals surface area contributed by atoms with E-state index in [0.29, 0.717) is 12.6 Å². The maximum absolute atomic E-state index is 4.55. The molecule has 2 N–H and O–H groups in total. The maximum atomic E-state index is 4.55. The van der Waals surface area contributed by atoms with Crippen LogP contribution in [0.5, 0.6) is 0 Å². The molecule has 1 aromatic carbocycles. The third-order valence-electron chi connectivity index (χ3n) is 3.57. The average molecular weight is 332 g/mol. The zero-order chi connectivity index (χ0) is 13.5. The normalized spacial score (nSPS) is 14.8. The Labute approximate surface area is 124 Å². The minimum absolute atomic E-state index is 0.652. The minimum Gasteiger partial charge on any atom is -0.349 e. The number of aromatic nitrogens is 4. The number of nitrogens with zero attached hydrogens (tertiary/aromatic N) is 3. The number of benzene rings is 1. The van der Waals surface area contributed by atoms with Gasteiger partial charge in [-0.15, -0.1) is 0 Å². The highest BCUT2D eigenvalue weighted by Gasteiger charge is 2.25. The molecule has 102 valence electrons. The Kier molecular flexibility index (Phi) is 2.77. The minimum atomic E-state index is 0.652. The summed E-state index contributed by atoms with van der Waals surface area (Å²) in [5, 5.41) is 3.32. The second-order valence-corrected chi connectivity index (χ2v) is 5.91. The second-order valence-electron chi connectivity index (χ2n) is 5.06. The molecule has 4 rings (SSSR count). The number of para-hydroxylation sites is 1. The van der Waals surface area contributed by atoms with Crippen molar-refractivity contribution in [2.45, 2.75) is 25.4 Å². The summed E-state index contributed by atoms with van der Waals surface area (Å²) in [4.78, 5) is 12.2. The van der Waals surface area contributed by atoms with Gasteiger partial charge in [0, 0.05) is 22.9 Å². The summed E-state index contributed by atoms with van der Waals surface area (Å²) in [6, 6.07) is 6.66. The number of imidazole rings is 2. The molecule has 0 aliphatic heterocycles.